The van der Waals surface area contributed by atoms with Gasteiger partial charge < -0.3 is 0 Å². The van der Waals surface area contributed by atoms with Crippen molar-refractivity contribution >= 4 is 5.71 Å². The van der Waals surface area contributed by atoms with Crippen molar-refractivity contribution in [2.45, 2.75) is 38.1 Å². The Labute approximate surface area is 120 Å². The Bertz CT molecular complexity index is 615. The van der Waals surface area contributed by atoms with Crippen LogP contribution in [0.25, 0.3) is 11.1 Å². The summed E-state index contributed by atoms with van der Waals surface area (Å²) in [5.74, 6) is 0. The number of aliphatic imine (C=N–C) groups is 1. The lowest BCUT2D eigenvalue weighted by atomic mass is 9.95. The number of fused-ring (bicyclic) bond motifs is 3. The zero-order chi connectivity index (χ0) is 13.4. The Morgan fingerprint density at radius 3 is 1.70 bits per heavy atom. The fourth-order valence-corrected chi connectivity index (χ4v) is 3.53. The number of hydrogen-bond acceptors (Lipinski definition) is 1. The molecule has 0 amide bonds. The van der Waals surface area contributed by atoms with Crippen molar-refractivity contribution in [2.24, 2.45) is 4.99 Å². The minimum absolute atomic E-state index is 0.526. The van der Waals surface area contributed by atoms with Crippen molar-refractivity contribution < 1.29 is 0 Å². The van der Waals surface area contributed by atoms with Gasteiger partial charge in [-0.2, -0.15) is 0 Å². The molecule has 0 heterocycles. The van der Waals surface area contributed by atoms with Gasteiger partial charge in [-0.25, -0.2) is 0 Å². The number of nitrogens with zero attached hydrogens (tertiary/aromatic N) is 1. The van der Waals surface area contributed by atoms with Crippen LogP contribution in [0.15, 0.2) is 53.5 Å². The molecule has 0 radical (unpaired) electrons. The topological polar surface area (TPSA) is 12.4 Å². The molecule has 1 nitrogen and oxygen atoms in total. The van der Waals surface area contributed by atoms with Gasteiger partial charge in [0.1, 0.15) is 0 Å². The normalized spacial score (nSPS) is 17.7. The maximum absolute atomic E-state index is 5.13. The van der Waals surface area contributed by atoms with Crippen LogP contribution in [-0.4, -0.2) is 11.8 Å². The van der Waals surface area contributed by atoms with E-state index < -0.39 is 0 Å². The van der Waals surface area contributed by atoms with Crippen molar-refractivity contribution in [1.29, 1.82) is 0 Å². The van der Waals surface area contributed by atoms with Crippen LogP contribution in [0.3, 0.4) is 0 Å². The molecule has 0 saturated heterocycles. The molecule has 1 saturated carbocycles. The highest BCUT2D eigenvalue weighted by atomic mass is 14.8. The second-order valence-corrected chi connectivity index (χ2v) is 5.86. The van der Waals surface area contributed by atoms with Gasteiger partial charge in [-0.05, 0) is 24.0 Å². The van der Waals surface area contributed by atoms with Gasteiger partial charge in [0, 0.05) is 11.1 Å². The van der Waals surface area contributed by atoms with Crippen molar-refractivity contribution in [1.82, 2.24) is 0 Å². The molecule has 0 aliphatic heterocycles. The molecule has 0 unspecified atom stereocenters. The molecule has 1 fully saturated rings. The van der Waals surface area contributed by atoms with Gasteiger partial charge in [0.2, 0.25) is 0 Å². The molecule has 2 aliphatic rings. The maximum atomic E-state index is 5.13. The molecule has 0 aromatic heterocycles. The van der Waals surface area contributed by atoms with Crippen LogP contribution in [0, 0.1) is 0 Å². The van der Waals surface area contributed by atoms with E-state index in [1.54, 1.807) is 0 Å². The Morgan fingerprint density at radius 1 is 0.650 bits per heavy atom. The fraction of sp³-hybridized carbons (Fsp3) is 0.316. The van der Waals surface area contributed by atoms with E-state index in [4.69, 9.17) is 4.99 Å². The van der Waals surface area contributed by atoms with Crippen molar-refractivity contribution in [3.8, 4) is 11.1 Å². The van der Waals surface area contributed by atoms with Crippen LogP contribution in [0.1, 0.15) is 43.2 Å². The highest BCUT2D eigenvalue weighted by Crippen LogP contribution is 2.37. The van der Waals surface area contributed by atoms with Crippen molar-refractivity contribution in [3.05, 3.63) is 59.7 Å². The van der Waals surface area contributed by atoms with E-state index in [1.807, 2.05) is 0 Å². The van der Waals surface area contributed by atoms with E-state index >= 15 is 0 Å². The summed E-state index contributed by atoms with van der Waals surface area (Å²) < 4.78 is 0. The average molecular weight is 261 g/mol. The Hall–Kier alpha value is -1.89. The lowest BCUT2D eigenvalue weighted by Gasteiger charge is -2.18. The Balaban J connectivity index is 1.84. The highest BCUT2D eigenvalue weighted by Gasteiger charge is 2.25. The summed E-state index contributed by atoms with van der Waals surface area (Å²) in [6.45, 7) is 0. The fourth-order valence-electron chi connectivity index (χ4n) is 3.53. The number of rotatable bonds is 1. The quantitative estimate of drug-likeness (QED) is 0.594. The summed E-state index contributed by atoms with van der Waals surface area (Å²) in [7, 11) is 0. The largest absolute Gasteiger partial charge is 0.281 e. The summed E-state index contributed by atoms with van der Waals surface area (Å²) in [6.07, 6.45) is 6.58. The zero-order valence-electron chi connectivity index (χ0n) is 11.7. The van der Waals surface area contributed by atoms with E-state index in [1.165, 1.54) is 60.1 Å². The second-order valence-electron chi connectivity index (χ2n) is 5.86. The standard InChI is InChI=1S/C19H19N/c1-2-8-14(9-3-1)20-19-17-12-6-4-10-15(17)16-11-5-7-13-18(16)19/h4-7,10-14H,1-3,8-9H2. The number of benzene rings is 2. The average Bonchev–Trinajstić information content (AvgIpc) is 2.84. The first-order valence-corrected chi connectivity index (χ1v) is 7.70. The molecule has 1 heteroatoms. The predicted octanol–water partition coefficient (Wildman–Crippen LogP) is 4.84. The molecule has 100 valence electrons. The predicted molar refractivity (Wildman–Crippen MR) is 84.4 cm³/mol. The summed E-state index contributed by atoms with van der Waals surface area (Å²) in [5.41, 5.74) is 6.55. The summed E-state index contributed by atoms with van der Waals surface area (Å²) in [6, 6.07) is 17.9. The molecule has 2 aromatic carbocycles. The third-order valence-electron chi connectivity index (χ3n) is 4.54. The molecule has 0 bridgehead atoms. The molecule has 2 aliphatic carbocycles. The van der Waals surface area contributed by atoms with E-state index in [9.17, 15) is 0 Å². The van der Waals surface area contributed by atoms with Gasteiger partial charge >= 0.3 is 0 Å². The van der Waals surface area contributed by atoms with E-state index in [0.29, 0.717) is 6.04 Å². The van der Waals surface area contributed by atoms with Crippen LogP contribution in [-0.2, 0) is 0 Å². The molecule has 20 heavy (non-hydrogen) atoms. The van der Waals surface area contributed by atoms with Gasteiger partial charge in [0.05, 0.1) is 11.8 Å². The van der Waals surface area contributed by atoms with Gasteiger partial charge in [0.15, 0.2) is 0 Å². The third kappa shape index (κ3) is 1.89. The van der Waals surface area contributed by atoms with Crippen molar-refractivity contribution in [2.75, 3.05) is 0 Å². The van der Waals surface area contributed by atoms with Crippen LogP contribution in [0.2, 0.25) is 0 Å². The first-order chi connectivity index (χ1) is 9.93. The number of hydrogen-bond donors (Lipinski definition) is 0. The van der Waals surface area contributed by atoms with Crippen LogP contribution < -0.4 is 0 Å². The van der Waals surface area contributed by atoms with Gasteiger partial charge in [-0.15, -0.1) is 0 Å². The Morgan fingerprint density at radius 2 is 1.15 bits per heavy atom. The smallest absolute Gasteiger partial charge is 0.0734 e. The third-order valence-corrected chi connectivity index (χ3v) is 4.54. The molecular weight excluding hydrogens is 242 g/mol. The minimum atomic E-state index is 0.526. The summed E-state index contributed by atoms with van der Waals surface area (Å²) >= 11 is 0. The second kappa shape index (κ2) is 4.90. The first-order valence-electron chi connectivity index (χ1n) is 7.70. The lowest BCUT2D eigenvalue weighted by molar-refractivity contribution is 0.444. The van der Waals surface area contributed by atoms with Gasteiger partial charge in [-0.1, -0.05) is 67.8 Å². The molecular formula is C19H19N. The van der Waals surface area contributed by atoms with E-state index in [2.05, 4.69) is 48.5 Å². The van der Waals surface area contributed by atoms with Crippen LogP contribution in [0.4, 0.5) is 0 Å². The molecule has 0 N–H and O–H groups in total. The van der Waals surface area contributed by atoms with Crippen LogP contribution in [0.5, 0.6) is 0 Å². The zero-order valence-corrected chi connectivity index (χ0v) is 11.7. The van der Waals surface area contributed by atoms with E-state index in [0.717, 1.165) is 0 Å². The van der Waals surface area contributed by atoms with Crippen molar-refractivity contribution in [3.63, 3.8) is 0 Å². The first kappa shape index (κ1) is 11.9. The maximum Gasteiger partial charge on any atom is 0.0734 e. The summed E-state index contributed by atoms with van der Waals surface area (Å²) in [5, 5.41) is 0. The summed E-state index contributed by atoms with van der Waals surface area (Å²) in [4.78, 5) is 5.13. The molecule has 2 aromatic rings. The van der Waals surface area contributed by atoms with E-state index in [-0.39, 0.29) is 0 Å². The molecule has 4 rings (SSSR count). The SMILES string of the molecule is c1ccc2c(c1)C(=NC1CCCCC1)c1ccccc1-2. The minimum Gasteiger partial charge on any atom is -0.281 e. The molecule has 0 spiro atoms. The monoisotopic (exact) mass is 261 g/mol. The van der Waals surface area contributed by atoms with Gasteiger partial charge in [0.25, 0.3) is 0 Å². The van der Waals surface area contributed by atoms with Gasteiger partial charge in [-0.3, -0.25) is 4.99 Å². The highest BCUT2D eigenvalue weighted by molar-refractivity contribution is 6.24. The van der Waals surface area contributed by atoms with Crippen LogP contribution >= 0.6 is 0 Å². The molecule has 0 atom stereocenters. The lowest BCUT2D eigenvalue weighted by Crippen LogP contribution is -2.13. The Kier molecular flexibility index (Phi) is 2.91.